The third-order valence-corrected chi connectivity index (χ3v) is 5.52. The van der Waals surface area contributed by atoms with E-state index >= 15 is 0 Å². The largest absolute Gasteiger partial charge is 0.495 e. The fourth-order valence-electron chi connectivity index (χ4n) is 3.44. The Morgan fingerprint density at radius 2 is 2.00 bits per heavy atom. The van der Waals surface area contributed by atoms with Crippen molar-refractivity contribution in [3.8, 4) is 5.75 Å². The second-order valence-corrected chi connectivity index (χ2v) is 7.67. The zero-order chi connectivity index (χ0) is 16.6. The highest BCUT2D eigenvalue weighted by Gasteiger charge is 2.30. The number of hydrogen-bond donors (Lipinski definition) is 0. The maximum atomic E-state index is 6.36. The van der Waals surface area contributed by atoms with Crippen LogP contribution < -0.4 is 4.74 Å². The average Bonchev–Trinajstić information content (AvgIpc) is 2.52. The summed E-state index contributed by atoms with van der Waals surface area (Å²) in [4.78, 5) is 2.31. The van der Waals surface area contributed by atoms with Gasteiger partial charge in [0.25, 0.3) is 0 Å². The van der Waals surface area contributed by atoms with E-state index in [1.807, 2.05) is 0 Å². The minimum atomic E-state index is 0.356. The predicted molar refractivity (Wildman–Crippen MR) is 99.8 cm³/mol. The van der Waals surface area contributed by atoms with Crippen LogP contribution in [0.4, 0.5) is 0 Å². The van der Waals surface area contributed by atoms with E-state index in [0.29, 0.717) is 17.0 Å². The van der Waals surface area contributed by atoms with Crippen LogP contribution in [0.15, 0.2) is 40.9 Å². The summed E-state index contributed by atoms with van der Waals surface area (Å²) in [6.45, 7) is 0. The summed E-state index contributed by atoms with van der Waals surface area (Å²) in [7, 11) is 5.98. The summed E-state index contributed by atoms with van der Waals surface area (Å²) in [6, 6.07) is 13.3. The molecule has 2 aromatic carbocycles. The first-order valence-electron chi connectivity index (χ1n) is 7.77. The Balaban J connectivity index is 2.12. The smallest absolute Gasteiger partial charge is 0.137 e. The van der Waals surface area contributed by atoms with Crippen molar-refractivity contribution in [1.29, 1.82) is 0 Å². The molecular weight excluding hydrogens is 374 g/mol. The minimum absolute atomic E-state index is 0.356. The molecule has 0 amide bonds. The zero-order valence-electron chi connectivity index (χ0n) is 13.6. The van der Waals surface area contributed by atoms with Gasteiger partial charge in [0.2, 0.25) is 0 Å². The van der Waals surface area contributed by atoms with Crippen molar-refractivity contribution < 1.29 is 4.74 Å². The first kappa shape index (κ1) is 16.8. The lowest BCUT2D eigenvalue weighted by Gasteiger charge is -2.36. The zero-order valence-corrected chi connectivity index (χ0v) is 16.0. The lowest BCUT2D eigenvalue weighted by Crippen LogP contribution is -2.35. The van der Waals surface area contributed by atoms with Gasteiger partial charge in [-0.05, 0) is 67.9 Å². The molecule has 0 fully saturated rings. The molecule has 0 spiro atoms. The summed E-state index contributed by atoms with van der Waals surface area (Å²) in [5, 5.41) is 0.693. The molecule has 0 saturated carbocycles. The number of halogens is 2. The van der Waals surface area contributed by atoms with Crippen molar-refractivity contribution in [3.05, 3.63) is 62.6 Å². The molecule has 122 valence electrons. The van der Waals surface area contributed by atoms with Crippen LogP contribution in [0.3, 0.4) is 0 Å². The number of methoxy groups -OCH3 is 1. The predicted octanol–water partition coefficient (Wildman–Crippen LogP) is 5.12. The Labute approximate surface area is 151 Å². The van der Waals surface area contributed by atoms with Gasteiger partial charge in [-0.2, -0.15) is 0 Å². The second-order valence-electron chi connectivity index (χ2n) is 6.35. The first-order valence-corrected chi connectivity index (χ1v) is 8.95. The molecule has 4 heteroatoms. The van der Waals surface area contributed by atoms with Crippen molar-refractivity contribution in [2.45, 2.75) is 24.8 Å². The molecule has 0 unspecified atom stereocenters. The number of nitrogens with zero attached hydrogens (tertiary/aromatic N) is 1. The van der Waals surface area contributed by atoms with E-state index < -0.39 is 0 Å². The van der Waals surface area contributed by atoms with E-state index in [0.717, 1.165) is 23.1 Å². The van der Waals surface area contributed by atoms with Crippen LogP contribution in [-0.2, 0) is 6.42 Å². The minimum Gasteiger partial charge on any atom is -0.495 e. The normalized spacial score (nSPS) is 20.4. The Kier molecular flexibility index (Phi) is 5.00. The number of rotatable bonds is 3. The summed E-state index contributed by atoms with van der Waals surface area (Å²) in [5.74, 6) is 1.11. The maximum Gasteiger partial charge on any atom is 0.137 e. The Hall–Kier alpha value is -1.03. The topological polar surface area (TPSA) is 12.5 Å². The van der Waals surface area contributed by atoms with Gasteiger partial charge >= 0.3 is 0 Å². The van der Waals surface area contributed by atoms with E-state index in [-0.39, 0.29) is 0 Å². The molecule has 23 heavy (non-hydrogen) atoms. The molecule has 0 bridgehead atoms. The van der Waals surface area contributed by atoms with E-state index in [9.17, 15) is 0 Å². The summed E-state index contributed by atoms with van der Waals surface area (Å²) < 4.78 is 6.56. The standard InChI is InChI=1S/C19H21BrClNO/c1-22(2)15-8-13-9-18(21)19(23-3)11-17(13)16(10-15)12-5-4-6-14(20)7-12/h4-7,9,11,15-16H,8,10H2,1-3H3/t15-,16-/m1/s1. The maximum absolute atomic E-state index is 6.36. The van der Waals surface area contributed by atoms with Crippen LogP contribution in [0.5, 0.6) is 5.75 Å². The van der Waals surface area contributed by atoms with Gasteiger partial charge < -0.3 is 9.64 Å². The molecule has 2 aromatic rings. The molecule has 0 radical (unpaired) electrons. The molecule has 0 aromatic heterocycles. The molecule has 1 aliphatic rings. The van der Waals surface area contributed by atoms with Gasteiger partial charge in [-0.1, -0.05) is 39.7 Å². The Morgan fingerprint density at radius 1 is 1.22 bits per heavy atom. The van der Waals surface area contributed by atoms with Gasteiger partial charge in [0.1, 0.15) is 5.75 Å². The van der Waals surface area contributed by atoms with Crippen LogP contribution in [0.1, 0.15) is 29.0 Å². The van der Waals surface area contributed by atoms with Gasteiger partial charge in [-0.15, -0.1) is 0 Å². The number of hydrogen-bond acceptors (Lipinski definition) is 2. The number of benzene rings is 2. The van der Waals surface area contributed by atoms with Gasteiger partial charge in [0.15, 0.2) is 0 Å². The van der Waals surface area contributed by atoms with Gasteiger partial charge in [-0.3, -0.25) is 0 Å². The van der Waals surface area contributed by atoms with E-state index in [2.05, 4.69) is 71.3 Å². The Morgan fingerprint density at radius 3 is 2.65 bits per heavy atom. The summed E-state index contributed by atoms with van der Waals surface area (Å²) in [6.07, 6.45) is 2.12. The fraction of sp³-hybridized carbons (Fsp3) is 0.368. The second kappa shape index (κ2) is 6.84. The third kappa shape index (κ3) is 3.42. The average molecular weight is 395 g/mol. The van der Waals surface area contributed by atoms with Crippen molar-refractivity contribution in [2.24, 2.45) is 0 Å². The number of fused-ring (bicyclic) bond motifs is 1. The molecule has 2 nitrogen and oxygen atoms in total. The van der Waals surface area contributed by atoms with E-state index in [1.165, 1.54) is 16.7 Å². The summed E-state index contributed by atoms with van der Waals surface area (Å²) >= 11 is 9.96. The van der Waals surface area contributed by atoms with Gasteiger partial charge in [0, 0.05) is 16.4 Å². The van der Waals surface area contributed by atoms with Crippen molar-refractivity contribution >= 4 is 27.5 Å². The molecule has 0 N–H and O–H groups in total. The van der Waals surface area contributed by atoms with Crippen LogP contribution in [0.25, 0.3) is 0 Å². The molecule has 1 aliphatic carbocycles. The van der Waals surface area contributed by atoms with Crippen LogP contribution in [-0.4, -0.2) is 32.1 Å². The SMILES string of the molecule is COc1cc2c(cc1Cl)C[C@@H](N(C)C)C[C@@H]2c1cccc(Br)c1. The van der Waals surface area contributed by atoms with Crippen molar-refractivity contribution in [2.75, 3.05) is 21.2 Å². The summed E-state index contributed by atoms with van der Waals surface area (Å²) in [5.41, 5.74) is 3.99. The van der Waals surface area contributed by atoms with Gasteiger partial charge in [-0.25, -0.2) is 0 Å². The fourth-order valence-corrected chi connectivity index (χ4v) is 4.12. The molecule has 3 rings (SSSR count). The van der Waals surface area contributed by atoms with E-state index in [1.54, 1.807) is 7.11 Å². The van der Waals surface area contributed by atoms with Crippen molar-refractivity contribution in [3.63, 3.8) is 0 Å². The van der Waals surface area contributed by atoms with Gasteiger partial charge in [0.05, 0.1) is 12.1 Å². The van der Waals surface area contributed by atoms with Crippen LogP contribution in [0, 0.1) is 0 Å². The first-order chi connectivity index (χ1) is 11.0. The lowest BCUT2D eigenvalue weighted by molar-refractivity contribution is 0.258. The molecule has 0 saturated heterocycles. The highest BCUT2D eigenvalue weighted by molar-refractivity contribution is 9.10. The number of likely N-dealkylation sites (N-methyl/N-ethyl adjacent to an activating group) is 1. The quantitative estimate of drug-likeness (QED) is 0.716. The monoisotopic (exact) mass is 393 g/mol. The molecule has 0 heterocycles. The highest BCUT2D eigenvalue weighted by Crippen LogP contribution is 2.42. The van der Waals surface area contributed by atoms with E-state index in [4.69, 9.17) is 16.3 Å². The molecule has 0 aliphatic heterocycles. The van der Waals surface area contributed by atoms with Crippen LogP contribution in [0.2, 0.25) is 5.02 Å². The molecular formula is C19H21BrClNO. The molecule has 2 atom stereocenters. The third-order valence-electron chi connectivity index (χ3n) is 4.73. The highest BCUT2D eigenvalue weighted by atomic mass is 79.9. The van der Waals surface area contributed by atoms with Crippen LogP contribution >= 0.6 is 27.5 Å². The number of ether oxygens (including phenoxy) is 1. The van der Waals surface area contributed by atoms with Crippen molar-refractivity contribution in [1.82, 2.24) is 4.90 Å². The lowest BCUT2D eigenvalue weighted by atomic mass is 9.76. The Bertz CT molecular complexity index is 717.